The molecule has 0 bridgehead atoms. The van der Waals surface area contributed by atoms with E-state index in [4.69, 9.17) is 14.2 Å². The maximum atomic E-state index is 13.1. The van der Waals surface area contributed by atoms with Crippen LogP contribution in [0.25, 0.3) is 21.8 Å². The lowest BCUT2D eigenvalue weighted by Gasteiger charge is -2.12. The highest BCUT2D eigenvalue weighted by molar-refractivity contribution is 6.15. The summed E-state index contributed by atoms with van der Waals surface area (Å²) in [6.07, 6.45) is 0. The Hall–Kier alpha value is -3.60. The number of rotatable bonds is 4. The highest BCUT2D eigenvalue weighted by Crippen LogP contribution is 2.32. The number of pyridine rings is 1. The summed E-state index contributed by atoms with van der Waals surface area (Å²) >= 11 is 0. The minimum absolute atomic E-state index is 0.427. The van der Waals surface area contributed by atoms with Gasteiger partial charge in [0.25, 0.3) is 0 Å². The van der Waals surface area contributed by atoms with Crippen molar-refractivity contribution in [2.45, 2.75) is 0 Å². The Morgan fingerprint density at radius 1 is 0.741 bits per heavy atom. The molecule has 0 aliphatic carbocycles. The number of hydrogen-bond donors (Lipinski definition) is 0. The number of fused-ring (bicyclic) bond motifs is 2. The number of methoxy groups -OCH3 is 2. The maximum Gasteiger partial charge on any atom is 0.344 e. The molecule has 0 amide bonds. The summed E-state index contributed by atoms with van der Waals surface area (Å²) in [5.74, 6) is 1.30. The zero-order valence-corrected chi connectivity index (χ0v) is 14.9. The van der Waals surface area contributed by atoms with Gasteiger partial charge in [0.2, 0.25) is 0 Å². The SMILES string of the molecule is COc1ccc2nc3ccc(OC)cc3c(C(=O)Oc3ccccc3)c2c1. The van der Waals surface area contributed by atoms with Crippen molar-refractivity contribution in [3.63, 3.8) is 0 Å². The van der Waals surface area contributed by atoms with Gasteiger partial charge in [0.1, 0.15) is 17.2 Å². The molecule has 0 radical (unpaired) electrons. The molecular weight excluding hydrogens is 342 g/mol. The van der Waals surface area contributed by atoms with Gasteiger partial charge in [-0.25, -0.2) is 9.78 Å². The Bertz CT molecular complexity index is 1080. The van der Waals surface area contributed by atoms with E-state index in [0.29, 0.717) is 44.6 Å². The Balaban J connectivity index is 1.98. The van der Waals surface area contributed by atoms with Gasteiger partial charge in [-0.2, -0.15) is 0 Å². The molecule has 5 heteroatoms. The molecule has 27 heavy (non-hydrogen) atoms. The highest BCUT2D eigenvalue weighted by Gasteiger charge is 2.19. The summed E-state index contributed by atoms with van der Waals surface area (Å²) in [6, 6.07) is 19.9. The fourth-order valence-electron chi connectivity index (χ4n) is 3.02. The monoisotopic (exact) mass is 359 g/mol. The van der Waals surface area contributed by atoms with Gasteiger partial charge in [0.05, 0.1) is 30.8 Å². The molecule has 4 aromatic rings. The van der Waals surface area contributed by atoms with E-state index in [9.17, 15) is 4.79 Å². The summed E-state index contributed by atoms with van der Waals surface area (Å²) in [4.78, 5) is 17.8. The molecule has 1 heterocycles. The zero-order valence-electron chi connectivity index (χ0n) is 14.9. The minimum Gasteiger partial charge on any atom is -0.497 e. The number of nitrogens with zero attached hydrogens (tertiary/aromatic N) is 1. The first-order valence-corrected chi connectivity index (χ1v) is 8.42. The Morgan fingerprint density at radius 2 is 1.30 bits per heavy atom. The third kappa shape index (κ3) is 3.15. The predicted molar refractivity (Wildman–Crippen MR) is 104 cm³/mol. The average molecular weight is 359 g/mol. The topological polar surface area (TPSA) is 57.7 Å². The van der Waals surface area contributed by atoms with Crippen LogP contribution in [0.5, 0.6) is 17.2 Å². The number of ether oxygens (including phenoxy) is 3. The summed E-state index contributed by atoms with van der Waals surface area (Å²) in [5.41, 5.74) is 1.80. The molecule has 4 rings (SSSR count). The van der Waals surface area contributed by atoms with Gasteiger partial charge >= 0.3 is 5.97 Å². The van der Waals surface area contributed by atoms with E-state index in [2.05, 4.69) is 4.98 Å². The molecule has 5 nitrogen and oxygen atoms in total. The number of aromatic nitrogens is 1. The van der Waals surface area contributed by atoms with Crippen molar-refractivity contribution < 1.29 is 19.0 Å². The van der Waals surface area contributed by atoms with Crippen LogP contribution in [0.3, 0.4) is 0 Å². The van der Waals surface area contributed by atoms with Crippen LogP contribution < -0.4 is 14.2 Å². The first kappa shape index (κ1) is 16.8. The molecule has 3 aromatic carbocycles. The van der Waals surface area contributed by atoms with Crippen LogP contribution in [0.15, 0.2) is 66.7 Å². The second-order valence-corrected chi connectivity index (χ2v) is 5.96. The van der Waals surface area contributed by atoms with E-state index in [0.717, 1.165) is 0 Å². The standard InChI is InChI=1S/C22H17NO4/c1-25-15-8-10-19-17(12-15)21(22(24)27-14-6-4-3-5-7-14)18-13-16(26-2)9-11-20(18)23-19/h3-13H,1-2H3. The Labute approximate surface area is 156 Å². The van der Waals surface area contributed by atoms with Gasteiger partial charge in [-0.1, -0.05) is 18.2 Å². The first-order chi connectivity index (χ1) is 13.2. The molecule has 0 unspecified atom stereocenters. The second kappa shape index (κ2) is 6.96. The first-order valence-electron chi connectivity index (χ1n) is 8.42. The summed E-state index contributed by atoms with van der Waals surface area (Å²) in [5, 5.41) is 1.33. The Kier molecular flexibility index (Phi) is 4.34. The molecule has 0 aliphatic heterocycles. The molecule has 0 saturated carbocycles. The quantitative estimate of drug-likeness (QED) is 0.302. The number of benzene rings is 3. The largest absolute Gasteiger partial charge is 0.497 e. The normalized spacial score (nSPS) is 10.7. The molecule has 0 spiro atoms. The second-order valence-electron chi connectivity index (χ2n) is 5.96. The third-order valence-corrected chi connectivity index (χ3v) is 4.34. The fourth-order valence-corrected chi connectivity index (χ4v) is 3.02. The number of carbonyl (C=O) groups is 1. The number of para-hydroxylation sites is 1. The maximum absolute atomic E-state index is 13.1. The summed E-state index contributed by atoms with van der Waals surface area (Å²) in [6.45, 7) is 0. The van der Waals surface area contributed by atoms with Gasteiger partial charge in [0.15, 0.2) is 0 Å². The van der Waals surface area contributed by atoms with Gasteiger partial charge in [-0.15, -0.1) is 0 Å². The molecular formula is C22H17NO4. The molecule has 134 valence electrons. The molecule has 0 atom stereocenters. The van der Waals surface area contributed by atoms with Crippen molar-refractivity contribution in [2.75, 3.05) is 14.2 Å². The zero-order chi connectivity index (χ0) is 18.8. The van der Waals surface area contributed by atoms with Crippen molar-refractivity contribution in [3.8, 4) is 17.2 Å². The van der Waals surface area contributed by atoms with Crippen LogP contribution in [-0.2, 0) is 0 Å². The van der Waals surface area contributed by atoms with Crippen molar-refractivity contribution in [2.24, 2.45) is 0 Å². The molecule has 0 fully saturated rings. The van der Waals surface area contributed by atoms with E-state index >= 15 is 0 Å². The van der Waals surface area contributed by atoms with Crippen LogP contribution in [0.2, 0.25) is 0 Å². The van der Waals surface area contributed by atoms with Crippen LogP contribution in [0.1, 0.15) is 10.4 Å². The lowest BCUT2D eigenvalue weighted by molar-refractivity contribution is 0.0739. The van der Waals surface area contributed by atoms with Gasteiger partial charge < -0.3 is 14.2 Å². The molecule has 1 aromatic heterocycles. The van der Waals surface area contributed by atoms with Gasteiger partial charge in [-0.05, 0) is 48.5 Å². The lowest BCUT2D eigenvalue weighted by atomic mass is 10.0. The highest BCUT2D eigenvalue weighted by atomic mass is 16.5. The van der Waals surface area contributed by atoms with Crippen LogP contribution >= 0.6 is 0 Å². The number of esters is 1. The van der Waals surface area contributed by atoms with Crippen molar-refractivity contribution in [1.82, 2.24) is 4.98 Å². The minimum atomic E-state index is -0.458. The summed E-state index contributed by atoms with van der Waals surface area (Å²) in [7, 11) is 3.17. The van der Waals surface area contributed by atoms with Crippen LogP contribution in [-0.4, -0.2) is 25.2 Å². The van der Waals surface area contributed by atoms with Crippen LogP contribution in [0, 0.1) is 0 Å². The van der Waals surface area contributed by atoms with E-state index in [1.54, 1.807) is 38.5 Å². The van der Waals surface area contributed by atoms with E-state index in [-0.39, 0.29) is 0 Å². The Morgan fingerprint density at radius 3 is 1.81 bits per heavy atom. The molecule has 0 saturated heterocycles. The molecule has 0 aliphatic rings. The van der Waals surface area contributed by atoms with Crippen LogP contribution in [0.4, 0.5) is 0 Å². The predicted octanol–water partition coefficient (Wildman–Crippen LogP) is 4.62. The van der Waals surface area contributed by atoms with Crippen molar-refractivity contribution in [1.29, 1.82) is 0 Å². The fraction of sp³-hybridized carbons (Fsp3) is 0.0909. The van der Waals surface area contributed by atoms with Crippen molar-refractivity contribution >= 4 is 27.8 Å². The molecule has 0 N–H and O–H groups in total. The van der Waals surface area contributed by atoms with E-state index < -0.39 is 5.97 Å². The number of hydrogen-bond acceptors (Lipinski definition) is 5. The number of carbonyl (C=O) groups excluding carboxylic acids is 1. The summed E-state index contributed by atoms with van der Waals surface area (Å²) < 4.78 is 16.3. The lowest BCUT2D eigenvalue weighted by Crippen LogP contribution is -2.10. The van der Waals surface area contributed by atoms with Gasteiger partial charge in [-0.3, -0.25) is 0 Å². The van der Waals surface area contributed by atoms with E-state index in [1.807, 2.05) is 42.5 Å². The smallest absolute Gasteiger partial charge is 0.344 e. The van der Waals surface area contributed by atoms with Gasteiger partial charge in [0, 0.05) is 10.8 Å². The van der Waals surface area contributed by atoms with E-state index in [1.165, 1.54) is 0 Å². The third-order valence-electron chi connectivity index (χ3n) is 4.34. The van der Waals surface area contributed by atoms with Crippen molar-refractivity contribution in [3.05, 3.63) is 72.3 Å². The average Bonchev–Trinajstić information content (AvgIpc) is 2.71.